The number of carbonyl (C=O) groups is 1. The zero-order chi connectivity index (χ0) is 16.9. The molecule has 2 aromatic carbocycles. The summed E-state index contributed by atoms with van der Waals surface area (Å²) in [4.78, 5) is 14.8. The number of amides is 1. The van der Waals surface area contributed by atoms with Gasteiger partial charge in [0, 0.05) is 25.7 Å². The van der Waals surface area contributed by atoms with Gasteiger partial charge in [-0.2, -0.15) is 0 Å². The number of hydrogen-bond acceptors (Lipinski definition) is 2. The molecule has 3 rings (SSSR count). The summed E-state index contributed by atoms with van der Waals surface area (Å²) < 4.78 is 0. The van der Waals surface area contributed by atoms with E-state index in [4.69, 9.17) is 11.6 Å². The van der Waals surface area contributed by atoms with E-state index in [9.17, 15) is 4.79 Å². The molecule has 4 heteroatoms. The normalized spacial score (nSPS) is 15.6. The molecule has 0 saturated heterocycles. The number of nitrogens with zero attached hydrogens (tertiary/aromatic N) is 1. The smallest absolute Gasteiger partial charge is 0.252 e. The summed E-state index contributed by atoms with van der Waals surface area (Å²) in [5.41, 5.74) is 3.39. The Morgan fingerprint density at radius 3 is 2.62 bits per heavy atom. The summed E-state index contributed by atoms with van der Waals surface area (Å²) in [6.45, 7) is 4.81. The second-order valence-electron chi connectivity index (χ2n) is 6.24. The van der Waals surface area contributed by atoms with E-state index in [0.29, 0.717) is 23.2 Å². The third kappa shape index (κ3) is 3.80. The van der Waals surface area contributed by atoms with Gasteiger partial charge in [0.1, 0.15) is 0 Å². The maximum absolute atomic E-state index is 12.4. The van der Waals surface area contributed by atoms with Gasteiger partial charge < -0.3 is 5.32 Å². The highest BCUT2D eigenvalue weighted by molar-refractivity contribution is 6.33. The Bertz CT molecular complexity index is 716. The van der Waals surface area contributed by atoms with Crippen molar-refractivity contribution in [1.29, 1.82) is 0 Å². The van der Waals surface area contributed by atoms with E-state index in [-0.39, 0.29) is 5.91 Å². The van der Waals surface area contributed by atoms with Crippen molar-refractivity contribution in [1.82, 2.24) is 10.2 Å². The van der Waals surface area contributed by atoms with Crippen LogP contribution in [0.1, 0.15) is 34.8 Å². The number of benzene rings is 2. The first-order valence-electron chi connectivity index (χ1n) is 8.52. The first-order chi connectivity index (χ1) is 11.7. The Kier molecular flexibility index (Phi) is 5.54. The summed E-state index contributed by atoms with van der Waals surface area (Å²) in [5.74, 6) is -0.101. The van der Waals surface area contributed by atoms with E-state index in [1.54, 1.807) is 12.1 Å². The minimum absolute atomic E-state index is 0.101. The Hall–Kier alpha value is -1.84. The molecule has 1 heterocycles. The first-order valence-corrected chi connectivity index (χ1v) is 8.90. The van der Waals surface area contributed by atoms with Gasteiger partial charge in [0.25, 0.3) is 5.91 Å². The van der Waals surface area contributed by atoms with Gasteiger partial charge in [-0.1, -0.05) is 54.9 Å². The van der Waals surface area contributed by atoms with Crippen molar-refractivity contribution < 1.29 is 4.79 Å². The lowest BCUT2D eigenvalue weighted by atomic mass is 9.98. The molecule has 0 radical (unpaired) electrons. The van der Waals surface area contributed by atoms with Gasteiger partial charge >= 0.3 is 0 Å². The fraction of sp³-hybridized carbons (Fsp3) is 0.350. The monoisotopic (exact) mass is 342 g/mol. The van der Waals surface area contributed by atoms with Gasteiger partial charge in [0.05, 0.1) is 10.6 Å². The zero-order valence-corrected chi connectivity index (χ0v) is 14.7. The largest absolute Gasteiger partial charge is 0.350 e. The van der Waals surface area contributed by atoms with Crippen LogP contribution >= 0.6 is 11.6 Å². The van der Waals surface area contributed by atoms with Crippen molar-refractivity contribution in [2.45, 2.75) is 32.4 Å². The Labute approximate surface area is 148 Å². The van der Waals surface area contributed by atoms with Crippen LogP contribution < -0.4 is 5.32 Å². The number of fused-ring (bicyclic) bond motifs is 1. The molecule has 24 heavy (non-hydrogen) atoms. The van der Waals surface area contributed by atoms with Crippen LogP contribution in [0, 0.1) is 0 Å². The molecule has 3 nitrogen and oxygen atoms in total. The minimum Gasteiger partial charge on any atom is -0.350 e. The first kappa shape index (κ1) is 17.0. The molecule has 0 aliphatic carbocycles. The lowest BCUT2D eigenvalue weighted by molar-refractivity contribution is 0.0926. The Morgan fingerprint density at radius 1 is 1.17 bits per heavy atom. The van der Waals surface area contributed by atoms with Crippen LogP contribution in [0.25, 0.3) is 0 Å². The third-order valence-corrected chi connectivity index (χ3v) is 5.09. The molecule has 0 spiro atoms. The van der Waals surface area contributed by atoms with Crippen LogP contribution in [0.15, 0.2) is 48.5 Å². The van der Waals surface area contributed by atoms with Crippen LogP contribution in [0.5, 0.6) is 0 Å². The van der Waals surface area contributed by atoms with Crippen molar-refractivity contribution in [3.8, 4) is 0 Å². The second kappa shape index (κ2) is 7.82. The highest BCUT2D eigenvalue weighted by Crippen LogP contribution is 2.21. The molecule has 1 atom stereocenters. The molecular formula is C20H23ClN2O. The van der Waals surface area contributed by atoms with E-state index >= 15 is 0 Å². The molecule has 0 fully saturated rings. The predicted octanol–water partition coefficient (Wildman–Crippen LogP) is 3.91. The summed E-state index contributed by atoms with van der Waals surface area (Å²) in [6, 6.07) is 16.1. The molecule has 0 unspecified atom stereocenters. The maximum Gasteiger partial charge on any atom is 0.252 e. The quantitative estimate of drug-likeness (QED) is 0.893. The van der Waals surface area contributed by atoms with Crippen LogP contribution in [0.4, 0.5) is 0 Å². The lowest BCUT2D eigenvalue weighted by Gasteiger charge is -2.35. The van der Waals surface area contributed by atoms with Gasteiger partial charge in [-0.05, 0) is 36.1 Å². The van der Waals surface area contributed by atoms with E-state index in [0.717, 1.165) is 25.9 Å². The van der Waals surface area contributed by atoms with Crippen LogP contribution in [-0.2, 0) is 13.0 Å². The van der Waals surface area contributed by atoms with E-state index in [1.807, 2.05) is 12.1 Å². The Balaban J connectivity index is 1.62. The number of rotatable bonds is 5. The third-order valence-electron chi connectivity index (χ3n) is 4.76. The summed E-state index contributed by atoms with van der Waals surface area (Å²) in [6.07, 6.45) is 2.08. The van der Waals surface area contributed by atoms with Gasteiger partial charge in [-0.3, -0.25) is 9.69 Å². The predicted molar refractivity (Wildman–Crippen MR) is 98.4 cm³/mol. The number of carbonyl (C=O) groups excluding carboxylic acids is 1. The molecule has 1 aliphatic heterocycles. The van der Waals surface area contributed by atoms with Crippen molar-refractivity contribution in [2.24, 2.45) is 0 Å². The lowest BCUT2D eigenvalue weighted by Crippen LogP contribution is -2.45. The second-order valence-corrected chi connectivity index (χ2v) is 6.65. The minimum atomic E-state index is -0.101. The Morgan fingerprint density at radius 2 is 1.88 bits per heavy atom. The van der Waals surface area contributed by atoms with Crippen molar-refractivity contribution >= 4 is 17.5 Å². The van der Waals surface area contributed by atoms with Gasteiger partial charge in [-0.25, -0.2) is 0 Å². The van der Waals surface area contributed by atoms with E-state index in [1.165, 1.54) is 11.1 Å². The number of halogens is 1. The molecule has 0 aromatic heterocycles. The van der Waals surface area contributed by atoms with Gasteiger partial charge in [-0.15, -0.1) is 0 Å². The SMILES string of the molecule is CC[C@H](CNC(=O)c1ccccc1Cl)N1CCc2ccccc2C1. The molecule has 1 N–H and O–H groups in total. The molecule has 1 aliphatic rings. The molecule has 0 saturated carbocycles. The standard InChI is InChI=1S/C20H23ClN2O/c1-2-17(13-22-20(24)18-9-5-6-10-19(18)21)23-12-11-15-7-3-4-8-16(15)14-23/h3-10,17H,2,11-14H2,1H3,(H,22,24)/t17-/m1/s1. The average molecular weight is 343 g/mol. The highest BCUT2D eigenvalue weighted by atomic mass is 35.5. The molecule has 0 bridgehead atoms. The average Bonchev–Trinajstić information content (AvgIpc) is 2.62. The van der Waals surface area contributed by atoms with Gasteiger partial charge in [0.2, 0.25) is 0 Å². The van der Waals surface area contributed by atoms with E-state index < -0.39 is 0 Å². The number of hydrogen-bond donors (Lipinski definition) is 1. The summed E-state index contributed by atoms with van der Waals surface area (Å²) in [5, 5.41) is 3.54. The molecule has 1 amide bonds. The zero-order valence-electron chi connectivity index (χ0n) is 14.0. The van der Waals surface area contributed by atoms with Crippen LogP contribution in [-0.4, -0.2) is 29.9 Å². The summed E-state index contributed by atoms with van der Waals surface area (Å²) in [7, 11) is 0. The topological polar surface area (TPSA) is 32.3 Å². The van der Waals surface area contributed by atoms with Crippen molar-refractivity contribution in [3.05, 3.63) is 70.2 Å². The van der Waals surface area contributed by atoms with E-state index in [2.05, 4.69) is 41.4 Å². The van der Waals surface area contributed by atoms with Crippen LogP contribution in [0.2, 0.25) is 5.02 Å². The fourth-order valence-corrected chi connectivity index (χ4v) is 3.53. The summed E-state index contributed by atoms with van der Waals surface area (Å²) >= 11 is 6.10. The molecule has 126 valence electrons. The molecule has 2 aromatic rings. The number of nitrogens with one attached hydrogen (secondary N) is 1. The fourth-order valence-electron chi connectivity index (χ4n) is 3.31. The van der Waals surface area contributed by atoms with Crippen LogP contribution in [0.3, 0.4) is 0 Å². The van der Waals surface area contributed by atoms with Crippen molar-refractivity contribution in [3.63, 3.8) is 0 Å². The van der Waals surface area contributed by atoms with Gasteiger partial charge in [0.15, 0.2) is 0 Å². The van der Waals surface area contributed by atoms with Crippen molar-refractivity contribution in [2.75, 3.05) is 13.1 Å². The maximum atomic E-state index is 12.4. The molecular weight excluding hydrogens is 320 g/mol. The highest BCUT2D eigenvalue weighted by Gasteiger charge is 2.23.